The molecule has 2 amide bonds. The Bertz CT molecular complexity index is 691. The number of carbonyl (C=O) groups is 3. The summed E-state index contributed by atoms with van der Waals surface area (Å²) in [6, 6.07) is 6.32. The Morgan fingerprint density at radius 1 is 1.19 bits per heavy atom. The maximum absolute atomic E-state index is 12.6. The van der Waals surface area contributed by atoms with E-state index in [4.69, 9.17) is 0 Å². The second-order valence-corrected chi connectivity index (χ2v) is 7.73. The highest BCUT2D eigenvalue weighted by Gasteiger charge is 2.31. The van der Waals surface area contributed by atoms with Crippen molar-refractivity contribution in [3.8, 4) is 0 Å². The van der Waals surface area contributed by atoms with E-state index in [0.717, 1.165) is 31.0 Å². The zero-order chi connectivity index (χ0) is 18.5. The Morgan fingerprint density at radius 2 is 1.96 bits per heavy atom. The van der Waals surface area contributed by atoms with Crippen LogP contribution in [0.4, 0.5) is 5.69 Å². The number of hydrogen-bond donors (Lipinski definition) is 2. The first-order valence-electron chi connectivity index (χ1n) is 8.78. The minimum atomic E-state index is -0.886. The van der Waals surface area contributed by atoms with Crippen LogP contribution >= 0.6 is 11.8 Å². The van der Waals surface area contributed by atoms with Crippen molar-refractivity contribution in [1.29, 1.82) is 0 Å². The molecule has 0 saturated carbocycles. The minimum Gasteiger partial charge on any atom is -0.480 e. The summed E-state index contributed by atoms with van der Waals surface area (Å²) in [7, 11) is 0. The van der Waals surface area contributed by atoms with Gasteiger partial charge in [-0.15, -0.1) is 0 Å². The van der Waals surface area contributed by atoms with E-state index in [9.17, 15) is 19.5 Å². The molecule has 1 unspecified atom stereocenters. The van der Waals surface area contributed by atoms with E-state index in [0.29, 0.717) is 24.2 Å². The lowest BCUT2D eigenvalue weighted by Crippen LogP contribution is -2.41. The van der Waals surface area contributed by atoms with E-state index in [1.807, 2.05) is 16.7 Å². The number of rotatable bonds is 5. The number of hydrogen-bond acceptors (Lipinski definition) is 5. The third kappa shape index (κ3) is 4.56. The lowest BCUT2D eigenvalue weighted by Gasteiger charge is -2.26. The first kappa shape index (κ1) is 18.7. The summed E-state index contributed by atoms with van der Waals surface area (Å²) in [5.74, 6) is 0.720. The number of anilines is 1. The highest BCUT2D eigenvalue weighted by Crippen LogP contribution is 2.18. The lowest BCUT2D eigenvalue weighted by molar-refractivity contribution is -0.142. The number of benzene rings is 1. The Balaban J connectivity index is 1.60. The number of nitrogens with one attached hydrogen (secondary N) is 1. The Labute approximate surface area is 156 Å². The van der Waals surface area contributed by atoms with Crippen molar-refractivity contribution in [2.24, 2.45) is 0 Å². The molecule has 2 aliphatic rings. The van der Waals surface area contributed by atoms with Gasteiger partial charge in [0.25, 0.3) is 5.91 Å². The number of amides is 2. The molecule has 26 heavy (non-hydrogen) atoms. The molecule has 7 nitrogen and oxygen atoms in total. The predicted molar refractivity (Wildman–Crippen MR) is 101 cm³/mol. The smallest absolute Gasteiger partial charge is 0.320 e. The van der Waals surface area contributed by atoms with Crippen LogP contribution in [0.2, 0.25) is 0 Å². The lowest BCUT2D eigenvalue weighted by atomic mass is 10.1. The first-order chi connectivity index (χ1) is 12.5. The van der Waals surface area contributed by atoms with Crippen molar-refractivity contribution in [2.75, 3.05) is 43.0 Å². The highest BCUT2D eigenvalue weighted by atomic mass is 32.2. The summed E-state index contributed by atoms with van der Waals surface area (Å²) < 4.78 is 0. The quantitative estimate of drug-likeness (QED) is 0.805. The molecule has 0 aromatic heterocycles. The van der Waals surface area contributed by atoms with Gasteiger partial charge in [-0.3, -0.25) is 19.3 Å². The molecule has 2 aliphatic heterocycles. The average Bonchev–Trinajstić information content (AvgIpc) is 3.10. The van der Waals surface area contributed by atoms with E-state index in [-0.39, 0.29) is 18.4 Å². The first-order valence-corrected chi connectivity index (χ1v) is 9.94. The van der Waals surface area contributed by atoms with Crippen molar-refractivity contribution in [3.63, 3.8) is 0 Å². The van der Waals surface area contributed by atoms with Crippen molar-refractivity contribution in [3.05, 3.63) is 29.8 Å². The molecule has 140 valence electrons. The number of likely N-dealkylation sites (tertiary alicyclic amines) is 1. The molecule has 8 heteroatoms. The maximum Gasteiger partial charge on any atom is 0.320 e. The van der Waals surface area contributed by atoms with Crippen LogP contribution in [0.3, 0.4) is 0 Å². The molecule has 0 spiro atoms. The molecule has 2 N–H and O–H groups in total. The zero-order valence-corrected chi connectivity index (χ0v) is 15.3. The minimum absolute atomic E-state index is 0.0214. The van der Waals surface area contributed by atoms with Gasteiger partial charge in [0.15, 0.2) is 0 Å². The molecule has 2 fully saturated rings. The number of carboxylic acids is 1. The fraction of sp³-hybridized carbons (Fsp3) is 0.500. The number of thioether (sulfide) groups is 1. The number of carboxylic acid groups (broad SMARTS) is 1. The molecule has 3 rings (SSSR count). The van der Waals surface area contributed by atoms with Gasteiger partial charge >= 0.3 is 5.97 Å². The van der Waals surface area contributed by atoms with Gasteiger partial charge in [-0.2, -0.15) is 11.8 Å². The highest BCUT2D eigenvalue weighted by molar-refractivity contribution is 7.99. The second-order valence-electron chi connectivity index (χ2n) is 6.50. The van der Waals surface area contributed by atoms with Crippen LogP contribution in [0.5, 0.6) is 0 Å². The fourth-order valence-electron chi connectivity index (χ4n) is 3.36. The summed E-state index contributed by atoms with van der Waals surface area (Å²) in [6.07, 6.45) is 1.35. The topological polar surface area (TPSA) is 90.0 Å². The van der Waals surface area contributed by atoms with E-state index in [2.05, 4.69) is 5.32 Å². The summed E-state index contributed by atoms with van der Waals surface area (Å²) in [4.78, 5) is 39.6. The van der Waals surface area contributed by atoms with Crippen LogP contribution in [0.25, 0.3) is 0 Å². The summed E-state index contributed by atoms with van der Waals surface area (Å²) in [5.41, 5.74) is 1.11. The molecular formula is C18H23N3O4S. The number of nitrogens with zero attached hydrogens (tertiary/aromatic N) is 2. The number of aliphatic carboxylic acids is 1. The van der Waals surface area contributed by atoms with Crippen molar-refractivity contribution >= 4 is 35.2 Å². The predicted octanol–water partition coefficient (Wildman–Crippen LogP) is 1.36. The van der Waals surface area contributed by atoms with E-state index in [1.54, 1.807) is 29.2 Å². The van der Waals surface area contributed by atoms with Crippen molar-refractivity contribution < 1.29 is 19.5 Å². The second kappa shape index (κ2) is 8.55. The van der Waals surface area contributed by atoms with Gasteiger partial charge in [0, 0.05) is 35.8 Å². The molecule has 1 atom stereocenters. The summed E-state index contributed by atoms with van der Waals surface area (Å²) in [5, 5.41) is 12.0. The van der Waals surface area contributed by atoms with Crippen molar-refractivity contribution in [1.82, 2.24) is 9.80 Å². The van der Waals surface area contributed by atoms with E-state index >= 15 is 0 Å². The molecule has 0 aliphatic carbocycles. The van der Waals surface area contributed by atoms with E-state index in [1.165, 1.54) is 0 Å². The molecule has 0 radical (unpaired) electrons. The van der Waals surface area contributed by atoms with Gasteiger partial charge in [-0.25, -0.2) is 0 Å². The van der Waals surface area contributed by atoms with Crippen LogP contribution in [0.1, 0.15) is 23.2 Å². The molecule has 2 heterocycles. The maximum atomic E-state index is 12.6. The molecule has 0 bridgehead atoms. The fourth-order valence-corrected chi connectivity index (χ4v) is 4.26. The van der Waals surface area contributed by atoms with Gasteiger partial charge < -0.3 is 15.3 Å². The largest absolute Gasteiger partial charge is 0.480 e. The molecule has 2 saturated heterocycles. The normalized spacial score (nSPS) is 20.8. The Morgan fingerprint density at radius 3 is 2.69 bits per heavy atom. The zero-order valence-electron chi connectivity index (χ0n) is 14.5. The molecule has 1 aromatic rings. The SMILES string of the molecule is O=C(CN1CCCC1C(=O)O)Nc1cccc(C(=O)N2CCSCC2)c1. The third-order valence-electron chi connectivity index (χ3n) is 4.69. The van der Waals surface area contributed by atoms with Gasteiger partial charge in [-0.1, -0.05) is 6.07 Å². The Hall–Kier alpha value is -2.06. The van der Waals surface area contributed by atoms with Gasteiger partial charge in [0.05, 0.1) is 6.54 Å². The van der Waals surface area contributed by atoms with Crippen LogP contribution in [0, 0.1) is 0 Å². The van der Waals surface area contributed by atoms with Crippen LogP contribution in [0.15, 0.2) is 24.3 Å². The Kier molecular flexibility index (Phi) is 6.16. The van der Waals surface area contributed by atoms with Crippen LogP contribution in [-0.4, -0.2) is 76.4 Å². The molecular weight excluding hydrogens is 354 g/mol. The van der Waals surface area contributed by atoms with Gasteiger partial charge in [-0.05, 0) is 37.6 Å². The summed E-state index contributed by atoms with van der Waals surface area (Å²) >= 11 is 1.84. The number of carbonyl (C=O) groups excluding carboxylic acids is 2. The molecule has 1 aromatic carbocycles. The van der Waals surface area contributed by atoms with Crippen LogP contribution < -0.4 is 5.32 Å². The van der Waals surface area contributed by atoms with E-state index < -0.39 is 12.0 Å². The van der Waals surface area contributed by atoms with Crippen LogP contribution in [-0.2, 0) is 9.59 Å². The van der Waals surface area contributed by atoms with Crippen molar-refractivity contribution in [2.45, 2.75) is 18.9 Å². The van der Waals surface area contributed by atoms with Gasteiger partial charge in [0.2, 0.25) is 5.91 Å². The van der Waals surface area contributed by atoms with Gasteiger partial charge in [0.1, 0.15) is 6.04 Å². The standard InChI is InChI=1S/C18H23N3O4S/c22-16(12-21-6-2-5-15(21)18(24)25)19-14-4-1-3-13(11-14)17(23)20-7-9-26-10-8-20/h1,3-4,11,15H,2,5-10,12H2,(H,19,22)(H,24,25). The third-order valence-corrected chi connectivity index (χ3v) is 5.63. The monoisotopic (exact) mass is 377 g/mol. The summed E-state index contributed by atoms with van der Waals surface area (Å²) in [6.45, 7) is 2.13. The average molecular weight is 377 g/mol.